The fourth-order valence-corrected chi connectivity index (χ4v) is 4.21. The minimum absolute atomic E-state index is 0.0210. The SMILES string of the molecule is O=C(NCc1ccc(F)cc1)C1(C(=O)N2CCC(Cc3ccccc3)CC2)CC1. The van der Waals surface area contributed by atoms with E-state index < -0.39 is 5.41 Å². The lowest BCUT2D eigenvalue weighted by atomic mass is 9.89. The first-order valence-corrected chi connectivity index (χ1v) is 10.4. The van der Waals surface area contributed by atoms with Crippen LogP contribution >= 0.6 is 0 Å². The highest BCUT2D eigenvalue weighted by molar-refractivity contribution is 6.07. The zero-order chi connectivity index (χ0) is 20.3. The number of hydrogen-bond donors (Lipinski definition) is 1. The first-order valence-electron chi connectivity index (χ1n) is 10.4. The second-order valence-corrected chi connectivity index (χ2v) is 8.32. The van der Waals surface area contributed by atoms with Gasteiger partial charge in [0.2, 0.25) is 11.8 Å². The molecule has 2 aromatic rings. The summed E-state index contributed by atoms with van der Waals surface area (Å²) in [6.45, 7) is 1.76. The van der Waals surface area contributed by atoms with Gasteiger partial charge in [-0.2, -0.15) is 0 Å². The van der Waals surface area contributed by atoms with Crippen LogP contribution in [0, 0.1) is 17.2 Å². The van der Waals surface area contributed by atoms with Gasteiger partial charge in [0.05, 0.1) is 0 Å². The van der Waals surface area contributed by atoms with E-state index in [-0.39, 0.29) is 17.6 Å². The number of hydrogen-bond acceptors (Lipinski definition) is 2. The van der Waals surface area contributed by atoms with Crippen molar-refractivity contribution >= 4 is 11.8 Å². The number of halogens is 1. The summed E-state index contributed by atoms with van der Waals surface area (Å²) >= 11 is 0. The molecule has 1 saturated carbocycles. The van der Waals surface area contributed by atoms with E-state index in [4.69, 9.17) is 0 Å². The van der Waals surface area contributed by atoms with Gasteiger partial charge in [-0.05, 0) is 61.3 Å². The lowest BCUT2D eigenvalue weighted by Gasteiger charge is -2.34. The standard InChI is InChI=1S/C24H27FN2O2/c25-21-8-6-20(7-9-21)17-26-22(28)24(12-13-24)23(29)27-14-10-19(11-15-27)16-18-4-2-1-3-5-18/h1-9,19H,10-17H2,(H,26,28). The maximum atomic E-state index is 13.1. The smallest absolute Gasteiger partial charge is 0.238 e. The van der Waals surface area contributed by atoms with Gasteiger partial charge in [0.15, 0.2) is 0 Å². The third kappa shape index (κ3) is 4.50. The summed E-state index contributed by atoms with van der Waals surface area (Å²) in [5.41, 5.74) is 1.28. The monoisotopic (exact) mass is 394 g/mol. The van der Waals surface area contributed by atoms with E-state index in [1.165, 1.54) is 17.7 Å². The first-order chi connectivity index (χ1) is 14.1. The van der Waals surface area contributed by atoms with Crippen LogP contribution in [0.25, 0.3) is 0 Å². The van der Waals surface area contributed by atoms with Crippen molar-refractivity contribution in [2.75, 3.05) is 13.1 Å². The second kappa shape index (κ2) is 8.36. The van der Waals surface area contributed by atoms with Crippen LogP contribution in [0.4, 0.5) is 4.39 Å². The highest BCUT2D eigenvalue weighted by Gasteiger charge is 2.58. The zero-order valence-electron chi connectivity index (χ0n) is 16.6. The normalized spacial score (nSPS) is 18.3. The Balaban J connectivity index is 1.28. The molecular formula is C24H27FN2O2. The Bertz CT molecular complexity index is 854. The fraction of sp³-hybridized carbons (Fsp3) is 0.417. The van der Waals surface area contributed by atoms with Crippen LogP contribution in [0.5, 0.6) is 0 Å². The number of carbonyl (C=O) groups is 2. The Hall–Kier alpha value is -2.69. The zero-order valence-corrected chi connectivity index (χ0v) is 16.6. The summed E-state index contributed by atoms with van der Waals surface area (Å²) in [4.78, 5) is 27.7. The van der Waals surface area contributed by atoms with Crippen molar-refractivity contribution in [1.82, 2.24) is 10.2 Å². The molecule has 29 heavy (non-hydrogen) atoms. The Labute approximate surface area is 171 Å². The molecule has 0 aromatic heterocycles. The van der Waals surface area contributed by atoms with E-state index in [9.17, 15) is 14.0 Å². The molecule has 2 aliphatic rings. The predicted octanol–water partition coefficient (Wildman–Crippen LogP) is 3.70. The van der Waals surface area contributed by atoms with Gasteiger partial charge in [0.25, 0.3) is 0 Å². The molecule has 1 heterocycles. The fourth-order valence-electron chi connectivity index (χ4n) is 4.21. The summed E-state index contributed by atoms with van der Waals surface area (Å²) in [6, 6.07) is 16.5. The number of amides is 2. The molecule has 5 heteroatoms. The average molecular weight is 394 g/mol. The third-order valence-corrected chi connectivity index (χ3v) is 6.23. The van der Waals surface area contributed by atoms with E-state index in [2.05, 4.69) is 29.6 Å². The van der Waals surface area contributed by atoms with Crippen molar-refractivity contribution in [2.24, 2.45) is 11.3 Å². The van der Waals surface area contributed by atoms with Gasteiger partial charge in [-0.3, -0.25) is 9.59 Å². The second-order valence-electron chi connectivity index (χ2n) is 8.32. The Morgan fingerprint density at radius 2 is 1.62 bits per heavy atom. The summed E-state index contributed by atoms with van der Waals surface area (Å²) in [6.07, 6.45) is 4.24. The average Bonchev–Trinajstić information content (AvgIpc) is 3.56. The predicted molar refractivity (Wildman–Crippen MR) is 109 cm³/mol. The molecular weight excluding hydrogens is 367 g/mol. The van der Waals surface area contributed by atoms with Crippen LogP contribution in [-0.2, 0) is 22.6 Å². The van der Waals surface area contributed by atoms with Crippen molar-refractivity contribution in [3.05, 3.63) is 71.5 Å². The van der Waals surface area contributed by atoms with Gasteiger partial charge in [0, 0.05) is 19.6 Å². The molecule has 1 N–H and O–H groups in total. The van der Waals surface area contributed by atoms with Gasteiger partial charge in [-0.15, -0.1) is 0 Å². The lowest BCUT2D eigenvalue weighted by Crippen LogP contribution is -2.48. The number of benzene rings is 2. The summed E-state index contributed by atoms with van der Waals surface area (Å²) in [5.74, 6) is 0.0685. The molecule has 0 unspecified atom stereocenters. The van der Waals surface area contributed by atoms with Gasteiger partial charge < -0.3 is 10.2 Å². The molecule has 1 aliphatic carbocycles. The number of nitrogens with one attached hydrogen (secondary N) is 1. The molecule has 2 fully saturated rings. The maximum absolute atomic E-state index is 13.1. The van der Waals surface area contributed by atoms with Gasteiger partial charge in [-0.1, -0.05) is 42.5 Å². The minimum Gasteiger partial charge on any atom is -0.351 e. The summed E-state index contributed by atoms with van der Waals surface area (Å²) in [7, 11) is 0. The molecule has 0 radical (unpaired) electrons. The van der Waals surface area contributed by atoms with Gasteiger partial charge in [-0.25, -0.2) is 4.39 Å². The van der Waals surface area contributed by atoms with Gasteiger partial charge in [0.1, 0.15) is 11.2 Å². The molecule has 1 saturated heterocycles. The van der Waals surface area contributed by atoms with Crippen molar-refractivity contribution < 1.29 is 14.0 Å². The molecule has 1 aliphatic heterocycles. The molecule has 0 bridgehead atoms. The van der Waals surface area contributed by atoms with Crippen LogP contribution < -0.4 is 5.32 Å². The first kappa shape index (κ1) is 19.6. The highest BCUT2D eigenvalue weighted by Crippen LogP contribution is 2.48. The molecule has 152 valence electrons. The minimum atomic E-state index is -0.883. The Kier molecular flexibility index (Phi) is 5.65. The Morgan fingerprint density at radius 3 is 2.24 bits per heavy atom. The Morgan fingerprint density at radius 1 is 0.966 bits per heavy atom. The largest absolute Gasteiger partial charge is 0.351 e. The maximum Gasteiger partial charge on any atom is 0.238 e. The van der Waals surface area contributed by atoms with Crippen LogP contribution in [0.2, 0.25) is 0 Å². The topological polar surface area (TPSA) is 49.4 Å². The summed E-state index contributed by atoms with van der Waals surface area (Å²) in [5, 5.41) is 2.87. The highest BCUT2D eigenvalue weighted by atomic mass is 19.1. The molecule has 0 spiro atoms. The van der Waals surface area contributed by atoms with Crippen molar-refractivity contribution in [2.45, 2.75) is 38.6 Å². The molecule has 0 atom stereocenters. The molecule has 2 aromatic carbocycles. The van der Waals surface area contributed by atoms with E-state index in [1.54, 1.807) is 12.1 Å². The summed E-state index contributed by atoms with van der Waals surface area (Å²) < 4.78 is 13.0. The van der Waals surface area contributed by atoms with E-state index in [1.807, 2.05) is 11.0 Å². The number of piperidine rings is 1. The number of rotatable bonds is 6. The van der Waals surface area contributed by atoms with E-state index >= 15 is 0 Å². The number of likely N-dealkylation sites (tertiary alicyclic amines) is 1. The van der Waals surface area contributed by atoms with Crippen LogP contribution in [-0.4, -0.2) is 29.8 Å². The van der Waals surface area contributed by atoms with Crippen LogP contribution in [0.3, 0.4) is 0 Å². The van der Waals surface area contributed by atoms with Crippen molar-refractivity contribution in [1.29, 1.82) is 0 Å². The van der Waals surface area contributed by atoms with Crippen LogP contribution in [0.15, 0.2) is 54.6 Å². The van der Waals surface area contributed by atoms with Crippen molar-refractivity contribution in [3.8, 4) is 0 Å². The third-order valence-electron chi connectivity index (χ3n) is 6.23. The molecule has 4 rings (SSSR count). The van der Waals surface area contributed by atoms with Crippen LogP contribution in [0.1, 0.15) is 36.8 Å². The van der Waals surface area contributed by atoms with Crippen molar-refractivity contribution in [3.63, 3.8) is 0 Å². The van der Waals surface area contributed by atoms with E-state index in [0.717, 1.165) is 37.9 Å². The number of carbonyl (C=O) groups excluding carboxylic acids is 2. The van der Waals surface area contributed by atoms with Gasteiger partial charge >= 0.3 is 0 Å². The number of nitrogens with zero attached hydrogens (tertiary/aromatic N) is 1. The lowest BCUT2D eigenvalue weighted by molar-refractivity contribution is -0.145. The molecule has 2 amide bonds. The van der Waals surface area contributed by atoms with E-state index in [0.29, 0.717) is 25.3 Å². The molecule has 4 nitrogen and oxygen atoms in total. The quantitative estimate of drug-likeness (QED) is 0.760.